The van der Waals surface area contributed by atoms with Crippen molar-refractivity contribution in [2.75, 3.05) is 0 Å². The van der Waals surface area contributed by atoms with Gasteiger partial charge in [-0.05, 0) is 0 Å². The van der Waals surface area contributed by atoms with E-state index in [9.17, 15) is 0 Å². The van der Waals surface area contributed by atoms with Crippen molar-refractivity contribution >= 4 is 26.0 Å². The molecule has 2 rings (SSSR count). The van der Waals surface area contributed by atoms with Crippen LogP contribution in [-0.2, 0) is 12.8 Å². The van der Waals surface area contributed by atoms with Gasteiger partial charge in [0.25, 0.3) is 0 Å². The summed E-state index contributed by atoms with van der Waals surface area (Å²) >= 11 is 5.87. The molecule has 1 aromatic heterocycles. The van der Waals surface area contributed by atoms with E-state index in [1.165, 1.54) is 0 Å². The smallest absolute Gasteiger partial charge is 0.0606 e. The molecular formula is C11H8CuIN2-2. The molecule has 0 aliphatic rings. The molecule has 1 aromatic carbocycles. The molecule has 82 valence electrons. The van der Waals surface area contributed by atoms with Crippen molar-refractivity contribution in [2.24, 2.45) is 4.99 Å². The maximum absolute atomic E-state index is 4.27. The molecule has 0 radical (unpaired) electrons. The van der Waals surface area contributed by atoms with E-state index in [1.807, 2.05) is 42.5 Å². The minimum Gasteiger partial charge on any atom is -0.461 e. The van der Waals surface area contributed by atoms with Crippen molar-refractivity contribution in [2.45, 2.75) is 0 Å². The summed E-state index contributed by atoms with van der Waals surface area (Å²) in [5.74, 6) is 0. The van der Waals surface area contributed by atoms with Crippen LogP contribution in [0.15, 0.2) is 53.7 Å². The van der Waals surface area contributed by atoms with E-state index in [4.69, 9.17) is 0 Å². The fourth-order valence-corrected chi connectivity index (χ4v) is 0.997. The van der Waals surface area contributed by atoms with E-state index in [1.54, 1.807) is 26.5 Å². The predicted octanol–water partition coefficient (Wildman–Crippen LogP) is 2.56. The molecule has 4 heteroatoms. The second kappa shape index (κ2) is 7.68. The second-order valence-electron chi connectivity index (χ2n) is 2.55. The van der Waals surface area contributed by atoms with Crippen molar-refractivity contribution in [1.29, 1.82) is 0 Å². The SMILES string of the molecule is [Cu][I].[c-]1ccccc1N=c1cccc[n-]1. The number of hydrogen-bond acceptors (Lipinski definition) is 1. The Balaban J connectivity index is 0.000000531. The third-order valence-corrected chi connectivity index (χ3v) is 1.58. The Morgan fingerprint density at radius 1 is 1.13 bits per heavy atom. The number of aromatic nitrogens is 1. The van der Waals surface area contributed by atoms with Crippen LogP contribution < -0.4 is 10.5 Å². The van der Waals surface area contributed by atoms with E-state index >= 15 is 0 Å². The van der Waals surface area contributed by atoms with E-state index in [0.29, 0.717) is 5.49 Å². The summed E-state index contributed by atoms with van der Waals surface area (Å²) in [6.07, 6.45) is 1.72. The summed E-state index contributed by atoms with van der Waals surface area (Å²) in [4.78, 5) is 8.36. The van der Waals surface area contributed by atoms with Crippen LogP contribution >= 0.6 is 20.3 Å². The molecule has 0 aliphatic carbocycles. The summed E-state index contributed by atoms with van der Waals surface area (Å²) in [5, 5.41) is 0. The van der Waals surface area contributed by atoms with Crippen LogP contribution in [-0.4, -0.2) is 0 Å². The third kappa shape index (κ3) is 4.64. The first kappa shape index (κ1) is 12.5. The quantitative estimate of drug-likeness (QED) is 0.437. The molecule has 0 bridgehead atoms. The van der Waals surface area contributed by atoms with Crippen LogP contribution in [0.25, 0.3) is 0 Å². The number of halogens is 1. The second-order valence-corrected chi connectivity index (χ2v) is 2.55. The van der Waals surface area contributed by atoms with Crippen LogP contribution in [0.3, 0.4) is 0 Å². The average Bonchev–Trinajstić information content (AvgIpc) is 2.34. The first-order valence-corrected chi connectivity index (χ1v) is 7.20. The first-order valence-electron chi connectivity index (χ1n) is 4.16. The molecular weight excluding hydrogens is 351 g/mol. The molecule has 0 N–H and O–H groups in total. The van der Waals surface area contributed by atoms with Gasteiger partial charge in [0.2, 0.25) is 0 Å². The zero-order chi connectivity index (χ0) is 10.9. The third-order valence-electron chi connectivity index (χ3n) is 1.58. The van der Waals surface area contributed by atoms with Crippen molar-refractivity contribution in [1.82, 2.24) is 4.98 Å². The molecule has 0 amide bonds. The van der Waals surface area contributed by atoms with Gasteiger partial charge >= 0.3 is 33.1 Å². The number of pyridine rings is 1. The molecule has 15 heavy (non-hydrogen) atoms. The standard InChI is InChI=1S/C11H8N2.Cu.HI/c1-2-6-10(7-3-1)13-11-8-4-5-9-12-11;;/h1-6,8-9H;;1H/q-2;+1;/p-1. The zero-order valence-electron chi connectivity index (χ0n) is 7.69. The normalized spacial score (nSPS) is 10.5. The Kier molecular flexibility index (Phi) is 6.39. The monoisotopic (exact) mass is 358 g/mol. The van der Waals surface area contributed by atoms with Gasteiger partial charge in [-0.3, -0.25) is 0 Å². The van der Waals surface area contributed by atoms with Gasteiger partial charge in [0, 0.05) is 0 Å². The molecule has 0 saturated carbocycles. The first-order chi connectivity index (χ1) is 7.45. The Morgan fingerprint density at radius 3 is 2.53 bits per heavy atom. The number of benzene rings is 1. The largest absolute Gasteiger partial charge is 0.461 e. The Bertz CT molecular complexity index is 422. The summed E-state index contributed by atoms with van der Waals surface area (Å²) in [6, 6.07) is 16.2. The fourth-order valence-electron chi connectivity index (χ4n) is 0.997. The van der Waals surface area contributed by atoms with Gasteiger partial charge in [0.15, 0.2) is 0 Å². The maximum Gasteiger partial charge on any atom is -0.0606 e. The molecule has 0 fully saturated rings. The predicted molar refractivity (Wildman–Crippen MR) is 64.3 cm³/mol. The van der Waals surface area contributed by atoms with Gasteiger partial charge in [-0.1, -0.05) is 29.9 Å². The van der Waals surface area contributed by atoms with Gasteiger partial charge in [0.05, 0.1) is 0 Å². The van der Waals surface area contributed by atoms with Crippen molar-refractivity contribution in [3.63, 3.8) is 0 Å². The van der Waals surface area contributed by atoms with Gasteiger partial charge in [-0.25, -0.2) is 0 Å². The van der Waals surface area contributed by atoms with E-state index in [0.717, 1.165) is 5.69 Å². The van der Waals surface area contributed by atoms with E-state index in [-0.39, 0.29) is 0 Å². The minimum absolute atomic E-state index is 0.713. The topological polar surface area (TPSA) is 26.5 Å². The number of nitrogens with zero attached hydrogens (tertiary/aromatic N) is 2. The fraction of sp³-hybridized carbons (Fsp3) is 0. The molecule has 0 unspecified atom stereocenters. The van der Waals surface area contributed by atoms with E-state index < -0.39 is 0 Å². The Hall–Kier alpha value is -0.581. The number of hydrogen-bond donors (Lipinski definition) is 0. The van der Waals surface area contributed by atoms with E-state index in [2.05, 4.69) is 28.8 Å². The number of rotatable bonds is 1. The van der Waals surface area contributed by atoms with Gasteiger partial charge in [-0.2, -0.15) is 36.0 Å². The van der Waals surface area contributed by atoms with Gasteiger partial charge in [-0.15, -0.1) is 0 Å². The molecule has 0 atom stereocenters. The zero-order valence-corrected chi connectivity index (χ0v) is 10.8. The Labute approximate surface area is 108 Å². The molecule has 0 spiro atoms. The summed E-state index contributed by atoms with van der Waals surface area (Å²) in [7, 11) is 0. The van der Waals surface area contributed by atoms with Crippen LogP contribution in [0.1, 0.15) is 0 Å². The Morgan fingerprint density at radius 2 is 1.93 bits per heavy atom. The van der Waals surface area contributed by atoms with Crippen molar-refractivity contribution in [3.8, 4) is 0 Å². The summed E-state index contributed by atoms with van der Waals surface area (Å²) in [6.45, 7) is 0. The average molecular weight is 359 g/mol. The molecule has 0 saturated heterocycles. The van der Waals surface area contributed by atoms with Crippen LogP contribution in [0.4, 0.5) is 5.69 Å². The van der Waals surface area contributed by atoms with Crippen LogP contribution in [0.2, 0.25) is 0 Å². The van der Waals surface area contributed by atoms with Crippen LogP contribution in [0.5, 0.6) is 0 Å². The van der Waals surface area contributed by atoms with Crippen molar-refractivity contribution in [3.05, 3.63) is 60.2 Å². The van der Waals surface area contributed by atoms with Gasteiger partial charge < -0.3 is 9.98 Å². The molecule has 2 aromatic rings. The number of para-hydroxylation sites is 1. The molecule has 1 heterocycles. The summed E-state index contributed by atoms with van der Waals surface area (Å²) in [5.41, 5.74) is 1.52. The van der Waals surface area contributed by atoms with Crippen molar-refractivity contribution < 1.29 is 12.8 Å². The summed E-state index contributed by atoms with van der Waals surface area (Å²) < 4.78 is 0. The maximum atomic E-state index is 4.27. The molecule has 2 nitrogen and oxygen atoms in total. The minimum atomic E-state index is 0.713. The molecule has 0 aliphatic heterocycles. The van der Waals surface area contributed by atoms with Crippen LogP contribution in [0, 0.1) is 6.07 Å². The van der Waals surface area contributed by atoms with Gasteiger partial charge in [0.1, 0.15) is 0 Å².